The number of hydrogen-bond donors (Lipinski definition) is 3. The molecule has 0 saturated heterocycles. The van der Waals surface area contributed by atoms with Crippen LogP contribution in [0.5, 0.6) is 0 Å². The molecule has 30 heavy (non-hydrogen) atoms. The molecule has 1 aromatic carbocycles. The van der Waals surface area contributed by atoms with Gasteiger partial charge in [-0.1, -0.05) is 45.4 Å². The SMILES string of the molecule is CCCCn1c(N)c(N(CC)CC(=O)Nc2c(CC)cccc2CC)c(=O)[nH]c1=O. The molecule has 164 valence electrons. The van der Waals surface area contributed by atoms with E-state index in [1.165, 1.54) is 4.57 Å². The summed E-state index contributed by atoms with van der Waals surface area (Å²) in [5.41, 5.74) is 8.20. The highest BCUT2D eigenvalue weighted by Gasteiger charge is 2.20. The first-order valence-corrected chi connectivity index (χ1v) is 10.7. The van der Waals surface area contributed by atoms with Crippen LogP contribution in [0.25, 0.3) is 0 Å². The summed E-state index contributed by atoms with van der Waals surface area (Å²) >= 11 is 0. The zero-order valence-corrected chi connectivity index (χ0v) is 18.4. The lowest BCUT2D eigenvalue weighted by molar-refractivity contribution is -0.115. The van der Waals surface area contributed by atoms with Gasteiger partial charge in [0.05, 0.1) is 6.54 Å². The molecule has 0 aliphatic heterocycles. The van der Waals surface area contributed by atoms with Crippen molar-refractivity contribution in [1.29, 1.82) is 0 Å². The lowest BCUT2D eigenvalue weighted by Crippen LogP contribution is -2.41. The predicted octanol–water partition coefficient (Wildman–Crippen LogP) is 2.51. The molecular formula is C22H33N5O3. The Morgan fingerprint density at radius 1 is 1.13 bits per heavy atom. The monoisotopic (exact) mass is 415 g/mol. The van der Waals surface area contributed by atoms with Crippen LogP contribution < -0.4 is 27.2 Å². The average Bonchev–Trinajstić information content (AvgIpc) is 2.72. The van der Waals surface area contributed by atoms with Crippen molar-refractivity contribution in [3.8, 4) is 0 Å². The summed E-state index contributed by atoms with van der Waals surface area (Å²) in [7, 11) is 0. The number of unbranched alkanes of at least 4 members (excludes halogenated alkanes) is 1. The summed E-state index contributed by atoms with van der Waals surface area (Å²) in [6.45, 7) is 8.70. The van der Waals surface area contributed by atoms with E-state index in [1.54, 1.807) is 4.90 Å². The number of benzene rings is 1. The van der Waals surface area contributed by atoms with Gasteiger partial charge in [-0.2, -0.15) is 0 Å². The van der Waals surface area contributed by atoms with Crippen LogP contribution in [0.15, 0.2) is 27.8 Å². The number of amides is 1. The number of aromatic nitrogens is 2. The minimum atomic E-state index is -0.580. The quantitative estimate of drug-likeness (QED) is 0.552. The Morgan fingerprint density at radius 3 is 2.30 bits per heavy atom. The topological polar surface area (TPSA) is 113 Å². The normalized spacial score (nSPS) is 10.8. The van der Waals surface area contributed by atoms with Gasteiger partial charge < -0.3 is 16.0 Å². The summed E-state index contributed by atoms with van der Waals surface area (Å²) in [5.74, 6) is -0.146. The molecule has 0 saturated carbocycles. The van der Waals surface area contributed by atoms with E-state index >= 15 is 0 Å². The highest BCUT2D eigenvalue weighted by Crippen LogP contribution is 2.23. The number of H-pyrrole nitrogens is 1. The third-order valence-corrected chi connectivity index (χ3v) is 5.25. The van der Waals surface area contributed by atoms with Crippen LogP contribution >= 0.6 is 0 Å². The second kappa shape index (κ2) is 10.7. The highest BCUT2D eigenvalue weighted by molar-refractivity contribution is 5.95. The van der Waals surface area contributed by atoms with Crippen LogP contribution in [0.1, 0.15) is 51.7 Å². The van der Waals surface area contributed by atoms with Gasteiger partial charge in [0.15, 0.2) is 0 Å². The molecule has 0 atom stereocenters. The smallest absolute Gasteiger partial charge is 0.330 e. The number of aryl methyl sites for hydroxylation is 2. The van der Waals surface area contributed by atoms with Crippen LogP contribution in [-0.4, -0.2) is 28.5 Å². The maximum Gasteiger partial charge on any atom is 0.330 e. The van der Waals surface area contributed by atoms with Crippen molar-refractivity contribution in [3.05, 3.63) is 50.2 Å². The predicted molar refractivity (Wildman–Crippen MR) is 122 cm³/mol. The maximum atomic E-state index is 12.9. The first-order valence-electron chi connectivity index (χ1n) is 10.7. The maximum absolute atomic E-state index is 12.9. The Labute approximate surface area is 177 Å². The number of nitrogen functional groups attached to an aromatic ring is 1. The molecule has 1 heterocycles. The molecule has 0 radical (unpaired) electrons. The molecule has 8 heteroatoms. The number of carbonyl (C=O) groups excluding carboxylic acids is 1. The van der Waals surface area contributed by atoms with E-state index < -0.39 is 11.2 Å². The van der Waals surface area contributed by atoms with Crippen molar-refractivity contribution in [2.75, 3.05) is 29.0 Å². The highest BCUT2D eigenvalue weighted by atomic mass is 16.2. The summed E-state index contributed by atoms with van der Waals surface area (Å²) in [5, 5.41) is 3.01. The van der Waals surface area contributed by atoms with E-state index in [-0.39, 0.29) is 24.0 Å². The second-order valence-corrected chi connectivity index (χ2v) is 7.22. The molecule has 1 aromatic heterocycles. The van der Waals surface area contributed by atoms with E-state index in [2.05, 4.69) is 10.3 Å². The van der Waals surface area contributed by atoms with Crippen molar-refractivity contribution >= 4 is 23.1 Å². The number of rotatable bonds is 10. The van der Waals surface area contributed by atoms with Crippen molar-refractivity contribution < 1.29 is 4.79 Å². The first kappa shape index (κ1) is 23.3. The van der Waals surface area contributed by atoms with Crippen LogP contribution in [-0.2, 0) is 24.2 Å². The second-order valence-electron chi connectivity index (χ2n) is 7.22. The Morgan fingerprint density at radius 2 is 1.77 bits per heavy atom. The molecule has 0 aliphatic rings. The molecule has 0 bridgehead atoms. The third-order valence-electron chi connectivity index (χ3n) is 5.25. The van der Waals surface area contributed by atoms with Gasteiger partial charge in [0.2, 0.25) is 5.91 Å². The van der Waals surface area contributed by atoms with Gasteiger partial charge in [0.25, 0.3) is 5.56 Å². The van der Waals surface area contributed by atoms with Crippen molar-refractivity contribution in [3.63, 3.8) is 0 Å². The Kier molecular flexibility index (Phi) is 8.26. The van der Waals surface area contributed by atoms with Gasteiger partial charge in [-0.3, -0.25) is 19.1 Å². The van der Waals surface area contributed by atoms with E-state index in [4.69, 9.17) is 5.73 Å². The molecule has 2 aromatic rings. The fraction of sp³-hybridized carbons (Fsp3) is 0.500. The van der Waals surface area contributed by atoms with Crippen molar-refractivity contribution in [2.45, 2.75) is 59.9 Å². The summed E-state index contributed by atoms with van der Waals surface area (Å²) < 4.78 is 1.36. The van der Waals surface area contributed by atoms with Crippen molar-refractivity contribution in [1.82, 2.24) is 9.55 Å². The molecule has 2 rings (SSSR count). The first-order chi connectivity index (χ1) is 14.4. The minimum absolute atomic E-state index is 0.0447. The lowest BCUT2D eigenvalue weighted by atomic mass is 10.0. The average molecular weight is 416 g/mol. The van der Waals surface area contributed by atoms with E-state index in [9.17, 15) is 14.4 Å². The van der Waals surface area contributed by atoms with E-state index in [0.29, 0.717) is 13.1 Å². The van der Waals surface area contributed by atoms with Gasteiger partial charge >= 0.3 is 5.69 Å². The van der Waals surface area contributed by atoms with Gasteiger partial charge in [0.1, 0.15) is 11.5 Å². The number of nitrogens with two attached hydrogens (primary N) is 1. The molecule has 1 amide bonds. The van der Waals surface area contributed by atoms with Gasteiger partial charge in [-0.05, 0) is 37.3 Å². The zero-order valence-electron chi connectivity index (χ0n) is 18.4. The number of aromatic amines is 1. The van der Waals surface area contributed by atoms with Crippen LogP contribution in [0.3, 0.4) is 0 Å². The molecule has 4 N–H and O–H groups in total. The number of para-hydroxylation sites is 1. The minimum Gasteiger partial charge on any atom is -0.383 e. The van der Waals surface area contributed by atoms with Gasteiger partial charge in [-0.15, -0.1) is 0 Å². The number of nitrogens with zero attached hydrogens (tertiary/aromatic N) is 2. The van der Waals surface area contributed by atoms with Gasteiger partial charge in [-0.25, -0.2) is 4.79 Å². The van der Waals surface area contributed by atoms with Crippen LogP contribution in [0.4, 0.5) is 17.2 Å². The fourth-order valence-corrected chi connectivity index (χ4v) is 3.53. The Hall–Kier alpha value is -3.03. The lowest BCUT2D eigenvalue weighted by Gasteiger charge is -2.25. The molecular weight excluding hydrogens is 382 g/mol. The summed E-state index contributed by atoms with van der Waals surface area (Å²) in [4.78, 5) is 41.5. The van der Waals surface area contributed by atoms with E-state index in [0.717, 1.165) is 42.5 Å². The Bertz CT molecular complexity index is 971. The zero-order chi connectivity index (χ0) is 22.3. The largest absolute Gasteiger partial charge is 0.383 e. The number of hydrogen-bond acceptors (Lipinski definition) is 5. The molecule has 0 aliphatic carbocycles. The summed E-state index contributed by atoms with van der Waals surface area (Å²) in [6, 6.07) is 5.99. The number of carbonyl (C=O) groups is 1. The molecule has 0 unspecified atom stereocenters. The third kappa shape index (κ3) is 5.11. The van der Waals surface area contributed by atoms with Crippen LogP contribution in [0.2, 0.25) is 0 Å². The number of anilines is 3. The summed E-state index contributed by atoms with van der Waals surface area (Å²) in [6.07, 6.45) is 3.25. The van der Waals surface area contributed by atoms with Crippen LogP contribution in [0, 0.1) is 0 Å². The number of nitrogens with one attached hydrogen (secondary N) is 2. The van der Waals surface area contributed by atoms with Gasteiger partial charge in [0, 0.05) is 18.8 Å². The van der Waals surface area contributed by atoms with E-state index in [1.807, 2.05) is 45.9 Å². The molecule has 0 spiro atoms. The standard InChI is InChI=1S/C22H33N5O3/c1-5-9-13-27-20(23)19(21(29)25-22(27)30)26(8-4)14-17(28)24-18-15(6-2)11-10-12-16(18)7-3/h10-12H,5-9,13-14,23H2,1-4H3,(H,24,28)(H,25,29,30). The van der Waals surface area contributed by atoms with Crippen molar-refractivity contribution in [2.24, 2.45) is 0 Å². The number of likely N-dealkylation sites (N-methyl/N-ethyl adjacent to an activating group) is 1. The Balaban J connectivity index is 2.33. The molecule has 0 fully saturated rings. The fourth-order valence-electron chi connectivity index (χ4n) is 3.53. The molecule has 8 nitrogen and oxygen atoms in total.